The van der Waals surface area contributed by atoms with Crippen molar-refractivity contribution in [1.29, 1.82) is 0 Å². The molecule has 1 aromatic heterocycles. The molecular weight excluding hydrogens is 254 g/mol. The summed E-state index contributed by atoms with van der Waals surface area (Å²) in [5.41, 5.74) is 6.91. The molecule has 5 heteroatoms. The van der Waals surface area contributed by atoms with E-state index in [1.807, 2.05) is 38.7 Å². The van der Waals surface area contributed by atoms with Crippen LogP contribution in [0.3, 0.4) is 0 Å². The predicted molar refractivity (Wildman–Crippen MR) is 78.6 cm³/mol. The highest BCUT2D eigenvalue weighted by Gasteiger charge is 2.34. The van der Waals surface area contributed by atoms with Gasteiger partial charge >= 0.3 is 0 Å². The number of hydrogen-bond donors (Lipinski definition) is 1. The molecule has 1 unspecified atom stereocenters. The molecule has 0 bridgehead atoms. The van der Waals surface area contributed by atoms with Gasteiger partial charge in [0.1, 0.15) is 5.82 Å². The molecule has 1 amide bonds. The van der Waals surface area contributed by atoms with Gasteiger partial charge in [-0.05, 0) is 39.3 Å². The lowest BCUT2D eigenvalue weighted by atomic mass is 10.0. The van der Waals surface area contributed by atoms with Gasteiger partial charge in [0.15, 0.2) is 0 Å². The van der Waals surface area contributed by atoms with E-state index in [1.165, 1.54) is 0 Å². The Morgan fingerprint density at radius 1 is 1.55 bits per heavy atom. The van der Waals surface area contributed by atoms with Crippen molar-refractivity contribution in [3.63, 3.8) is 0 Å². The number of aromatic nitrogens is 1. The number of carbonyl (C=O) groups is 1. The lowest BCUT2D eigenvalue weighted by molar-refractivity contribution is -0.118. The van der Waals surface area contributed by atoms with Crippen molar-refractivity contribution in [2.75, 3.05) is 18.8 Å². The quantitative estimate of drug-likeness (QED) is 0.896. The van der Waals surface area contributed by atoms with Gasteiger partial charge < -0.3 is 15.4 Å². The molecule has 0 spiro atoms. The molecule has 0 aliphatic carbocycles. The van der Waals surface area contributed by atoms with E-state index < -0.39 is 0 Å². The Balaban J connectivity index is 2.24. The minimum atomic E-state index is -0.320. The predicted octanol–water partition coefficient (Wildman–Crippen LogP) is 1.87. The molecule has 2 rings (SSSR count). The first kappa shape index (κ1) is 14.8. The summed E-state index contributed by atoms with van der Waals surface area (Å²) in [6.45, 7) is 9.17. The van der Waals surface area contributed by atoms with E-state index in [0.717, 1.165) is 12.1 Å². The second kappa shape index (κ2) is 5.40. The van der Waals surface area contributed by atoms with Gasteiger partial charge in [-0.1, -0.05) is 6.92 Å². The van der Waals surface area contributed by atoms with E-state index in [-0.39, 0.29) is 17.6 Å². The molecule has 20 heavy (non-hydrogen) atoms. The summed E-state index contributed by atoms with van der Waals surface area (Å²) in [5, 5.41) is 0. The number of hydrogen-bond acceptors (Lipinski definition) is 4. The van der Waals surface area contributed by atoms with Gasteiger partial charge in [0.05, 0.1) is 11.7 Å². The number of morpholine rings is 1. The molecule has 1 aromatic rings. The molecule has 5 nitrogen and oxygen atoms in total. The van der Waals surface area contributed by atoms with Gasteiger partial charge in [-0.25, -0.2) is 4.98 Å². The second-order valence-electron chi connectivity index (χ2n) is 6.00. The third-order valence-corrected chi connectivity index (χ3v) is 3.36. The molecule has 1 atom stereocenters. The van der Waals surface area contributed by atoms with Crippen LogP contribution in [0.5, 0.6) is 0 Å². The first-order valence-electron chi connectivity index (χ1n) is 7.04. The van der Waals surface area contributed by atoms with Crippen molar-refractivity contribution in [2.45, 2.75) is 45.8 Å². The van der Waals surface area contributed by atoms with Crippen LogP contribution in [0.4, 0.5) is 5.82 Å². The first-order chi connectivity index (χ1) is 9.30. The average molecular weight is 277 g/mol. The summed E-state index contributed by atoms with van der Waals surface area (Å²) in [6, 6.07) is 3.47. The fourth-order valence-electron chi connectivity index (χ4n) is 2.71. The van der Waals surface area contributed by atoms with Crippen LogP contribution in [0.25, 0.3) is 0 Å². The van der Waals surface area contributed by atoms with Gasteiger partial charge in [0.25, 0.3) is 5.91 Å². The Bertz CT molecular complexity index is 514. The highest BCUT2D eigenvalue weighted by atomic mass is 16.5. The topological polar surface area (TPSA) is 68.5 Å². The van der Waals surface area contributed by atoms with Crippen molar-refractivity contribution in [1.82, 2.24) is 9.88 Å². The average Bonchev–Trinajstić information content (AvgIpc) is 2.34. The Hall–Kier alpha value is -1.62. The highest BCUT2D eigenvalue weighted by Crippen LogP contribution is 2.22. The molecule has 2 heterocycles. The zero-order valence-electron chi connectivity index (χ0n) is 12.6. The number of ether oxygens (including phenoxy) is 1. The van der Waals surface area contributed by atoms with Gasteiger partial charge in [-0.2, -0.15) is 0 Å². The van der Waals surface area contributed by atoms with E-state index in [9.17, 15) is 4.79 Å². The Labute approximate surface area is 120 Å². The number of nitrogen functional groups attached to an aromatic ring is 1. The van der Waals surface area contributed by atoms with Crippen molar-refractivity contribution in [3.05, 3.63) is 23.4 Å². The maximum Gasteiger partial charge on any atom is 0.254 e. The SMILES string of the molecule is CCc1cc(C(=O)N2CC(C)OC(C)(C)C2)cc(N)n1. The molecule has 1 aliphatic rings. The maximum absolute atomic E-state index is 12.6. The van der Waals surface area contributed by atoms with Crippen LogP contribution in [0.15, 0.2) is 12.1 Å². The molecule has 1 fully saturated rings. The van der Waals surface area contributed by atoms with Crippen molar-refractivity contribution in [3.8, 4) is 0 Å². The smallest absolute Gasteiger partial charge is 0.254 e. The molecular formula is C15H23N3O2. The van der Waals surface area contributed by atoms with Crippen molar-refractivity contribution >= 4 is 11.7 Å². The van der Waals surface area contributed by atoms with Crippen LogP contribution >= 0.6 is 0 Å². The summed E-state index contributed by atoms with van der Waals surface area (Å²) >= 11 is 0. The third kappa shape index (κ3) is 3.28. The lowest BCUT2D eigenvalue weighted by Crippen LogP contribution is -2.53. The minimum Gasteiger partial charge on any atom is -0.384 e. The number of carbonyl (C=O) groups excluding carboxylic acids is 1. The second-order valence-corrected chi connectivity index (χ2v) is 6.00. The molecule has 0 radical (unpaired) electrons. The van der Waals surface area contributed by atoms with E-state index in [2.05, 4.69) is 4.98 Å². The number of nitrogens with zero attached hydrogens (tertiary/aromatic N) is 2. The van der Waals surface area contributed by atoms with Crippen LogP contribution in [-0.2, 0) is 11.2 Å². The molecule has 0 aromatic carbocycles. The summed E-state index contributed by atoms with van der Waals surface area (Å²) in [6.07, 6.45) is 0.795. The monoisotopic (exact) mass is 277 g/mol. The number of rotatable bonds is 2. The number of anilines is 1. The van der Waals surface area contributed by atoms with Crippen LogP contribution in [0, 0.1) is 0 Å². The van der Waals surface area contributed by atoms with Crippen LogP contribution in [0.1, 0.15) is 43.7 Å². The normalized spacial score (nSPS) is 21.8. The number of amides is 1. The van der Waals surface area contributed by atoms with E-state index in [4.69, 9.17) is 10.5 Å². The van der Waals surface area contributed by atoms with Gasteiger partial charge in [-0.15, -0.1) is 0 Å². The number of pyridine rings is 1. The molecule has 1 saturated heterocycles. The van der Waals surface area contributed by atoms with Gasteiger partial charge in [-0.3, -0.25) is 4.79 Å². The standard InChI is InChI=1S/C15H23N3O2/c1-5-12-6-11(7-13(16)17-12)14(19)18-8-10(2)20-15(3,4)9-18/h6-7,10H,5,8-9H2,1-4H3,(H2,16,17). The molecule has 0 saturated carbocycles. The van der Waals surface area contributed by atoms with Gasteiger partial charge in [0.2, 0.25) is 0 Å². The zero-order chi connectivity index (χ0) is 14.9. The Morgan fingerprint density at radius 2 is 2.25 bits per heavy atom. The van der Waals surface area contributed by atoms with Crippen molar-refractivity contribution < 1.29 is 9.53 Å². The molecule has 2 N–H and O–H groups in total. The fraction of sp³-hybridized carbons (Fsp3) is 0.600. The Morgan fingerprint density at radius 3 is 2.85 bits per heavy atom. The third-order valence-electron chi connectivity index (χ3n) is 3.36. The van der Waals surface area contributed by atoms with Crippen LogP contribution in [0.2, 0.25) is 0 Å². The molecule has 1 aliphatic heterocycles. The van der Waals surface area contributed by atoms with E-state index >= 15 is 0 Å². The van der Waals surface area contributed by atoms with Crippen LogP contribution < -0.4 is 5.73 Å². The van der Waals surface area contributed by atoms with Crippen molar-refractivity contribution in [2.24, 2.45) is 0 Å². The molecule has 110 valence electrons. The van der Waals surface area contributed by atoms with E-state index in [1.54, 1.807) is 6.07 Å². The summed E-state index contributed by atoms with van der Waals surface area (Å²) in [5.74, 6) is 0.394. The summed E-state index contributed by atoms with van der Waals surface area (Å²) in [7, 11) is 0. The number of aryl methyl sites for hydroxylation is 1. The van der Waals surface area contributed by atoms with Crippen LogP contribution in [-0.4, -0.2) is 40.6 Å². The zero-order valence-corrected chi connectivity index (χ0v) is 12.6. The largest absolute Gasteiger partial charge is 0.384 e. The van der Waals surface area contributed by atoms with E-state index in [0.29, 0.717) is 24.5 Å². The maximum atomic E-state index is 12.6. The fourth-order valence-corrected chi connectivity index (χ4v) is 2.71. The number of nitrogens with two attached hydrogens (primary N) is 1. The Kier molecular flexibility index (Phi) is 3.99. The first-order valence-corrected chi connectivity index (χ1v) is 7.04. The van der Waals surface area contributed by atoms with Gasteiger partial charge in [0, 0.05) is 24.3 Å². The summed E-state index contributed by atoms with van der Waals surface area (Å²) in [4.78, 5) is 18.7. The highest BCUT2D eigenvalue weighted by molar-refractivity contribution is 5.95. The minimum absolute atomic E-state index is 0.00275. The lowest BCUT2D eigenvalue weighted by Gasteiger charge is -2.41. The summed E-state index contributed by atoms with van der Waals surface area (Å²) < 4.78 is 5.83.